The van der Waals surface area contributed by atoms with Crippen LogP contribution in [0, 0.1) is 0 Å². The molecule has 0 fully saturated rings. The number of nitrogens with zero attached hydrogens (tertiary/aromatic N) is 2. The largest absolute Gasteiger partial charge is 0.296 e. The number of carbonyl (C=O) groups is 1. The molecule has 1 N–H and O–H groups in total. The lowest BCUT2D eigenvalue weighted by Gasteiger charge is -2.15. The number of hydrazone groups is 1. The molecule has 2 rings (SSSR count). The molecule has 1 amide bonds. The lowest BCUT2D eigenvalue weighted by atomic mass is 10.3. The van der Waals surface area contributed by atoms with Crippen LogP contribution in [0.3, 0.4) is 0 Å². The van der Waals surface area contributed by atoms with E-state index in [1.165, 1.54) is 12.1 Å². The first-order valence-electron chi connectivity index (χ1n) is 4.93. The minimum Gasteiger partial charge on any atom is -0.282 e. The number of carbonyl (C=O) groups excluding carboxylic acids is 1. The number of halogens is 1. The first-order chi connectivity index (χ1) is 8.29. The summed E-state index contributed by atoms with van der Waals surface area (Å²) in [7, 11) is -4.48. The second kappa shape index (κ2) is 4.34. The van der Waals surface area contributed by atoms with Crippen LogP contribution in [-0.2, 0) is 14.9 Å². The molecule has 8 heteroatoms. The predicted octanol–water partition coefficient (Wildman–Crippen LogP) is 1.70. The average Bonchev–Trinajstić information content (AvgIpc) is 2.56. The molecule has 0 unspecified atom stereocenters. The fraction of sp³-hybridized carbons (Fsp3) is 0.200. The zero-order valence-electron chi connectivity index (χ0n) is 9.29. The van der Waals surface area contributed by atoms with Gasteiger partial charge in [0.05, 0.1) is 12.1 Å². The Bertz CT molecular complexity index is 654. The van der Waals surface area contributed by atoms with Gasteiger partial charge in [-0.2, -0.15) is 18.5 Å². The summed E-state index contributed by atoms with van der Waals surface area (Å²) < 4.78 is 31.7. The first kappa shape index (κ1) is 13.0. The Kier molecular flexibility index (Phi) is 3.14. The molecule has 0 radical (unpaired) electrons. The highest BCUT2D eigenvalue weighted by Gasteiger charge is 2.28. The summed E-state index contributed by atoms with van der Waals surface area (Å²) >= 11 is 5.68. The van der Waals surface area contributed by atoms with E-state index in [-0.39, 0.29) is 23.0 Å². The molecule has 1 aliphatic rings. The van der Waals surface area contributed by atoms with Crippen LogP contribution in [0.15, 0.2) is 28.2 Å². The minimum absolute atomic E-state index is 0.0104. The van der Waals surface area contributed by atoms with Gasteiger partial charge in [0.15, 0.2) is 0 Å². The summed E-state index contributed by atoms with van der Waals surface area (Å²) in [5.74, 6) is -0.361. The van der Waals surface area contributed by atoms with Crippen molar-refractivity contribution in [1.82, 2.24) is 0 Å². The first-order valence-corrected chi connectivity index (χ1v) is 6.75. The van der Waals surface area contributed by atoms with Gasteiger partial charge in [-0.05, 0) is 25.1 Å². The molecular weight excluding hydrogens is 280 g/mol. The fourth-order valence-corrected chi connectivity index (χ4v) is 2.54. The number of hydrogen-bond donors (Lipinski definition) is 1. The topological polar surface area (TPSA) is 87.0 Å². The van der Waals surface area contributed by atoms with Crippen LogP contribution in [0.25, 0.3) is 0 Å². The van der Waals surface area contributed by atoms with Crippen LogP contribution in [0.5, 0.6) is 0 Å². The molecule has 96 valence electrons. The van der Waals surface area contributed by atoms with Crippen molar-refractivity contribution in [3.63, 3.8) is 0 Å². The van der Waals surface area contributed by atoms with Gasteiger partial charge in [-0.1, -0.05) is 11.6 Å². The van der Waals surface area contributed by atoms with Crippen LogP contribution >= 0.6 is 11.6 Å². The Labute approximate surface area is 109 Å². The van der Waals surface area contributed by atoms with Crippen molar-refractivity contribution in [2.24, 2.45) is 5.10 Å². The van der Waals surface area contributed by atoms with Gasteiger partial charge in [0.2, 0.25) is 0 Å². The summed E-state index contributed by atoms with van der Waals surface area (Å²) in [6.45, 7) is 1.65. The Morgan fingerprint density at radius 3 is 2.61 bits per heavy atom. The second-order valence-corrected chi connectivity index (χ2v) is 5.63. The normalized spacial score (nSPS) is 16.1. The summed E-state index contributed by atoms with van der Waals surface area (Å²) in [4.78, 5) is 11.2. The fourth-order valence-electron chi connectivity index (χ4n) is 1.61. The van der Waals surface area contributed by atoms with Crippen molar-refractivity contribution < 1.29 is 17.8 Å². The van der Waals surface area contributed by atoms with E-state index in [0.717, 1.165) is 11.1 Å². The van der Waals surface area contributed by atoms with E-state index in [1.807, 2.05) is 0 Å². The third-order valence-electron chi connectivity index (χ3n) is 2.34. The maximum absolute atomic E-state index is 11.7. The van der Waals surface area contributed by atoms with Crippen molar-refractivity contribution in [3.8, 4) is 0 Å². The number of anilines is 1. The molecule has 0 atom stereocenters. The quantitative estimate of drug-likeness (QED) is 0.839. The highest BCUT2D eigenvalue weighted by molar-refractivity contribution is 7.86. The van der Waals surface area contributed by atoms with Crippen LogP contribution < -0.4 is 5.01 Å². The Balaban J connectivity index is 2.62. The standard InChI is InChI=1S/C10H9ClN2O4S/c1-6-4-10(14)13(12-6)8-3-2-7(11)5-9(8)18(15,16)17/h2-3,5H,4H2,1H3,(H,15,16,17). The molecular formula is C10H9ClN2O4S. The van der Waals surface area contributed by atoms with Crippen molar-refractivity contribution in [2.75, 3.05) is 5.01 Å². The average molecular weight is 289 g/mol. The smallest absolute Gasteiger partial charge is 0.282 e. The molecule has 0 aliphatic carbocycles. The molecule has 18 heavy (non-hydrogen) atoms. The van der Waals surface area contributed by atoms with Gasteiger partial charge in [0.25, 0.3) is 16.0 Å². The van der Waals surface area contributed by atoms with E-state index in [2.05, 4.69) is 5.10 Å². The number of benzene rings is 1. The lowest BCUT2D eigenvalue weighted by Crippen LogP contribution is -2.21. The molecule has 0 saturated carbocycles. The van der Waals surface area contributed by atoms with Gasteiger partial charge in [-0.3, -0.25) is 9.35 Å². The Morgan fingerprint density at radius 2 is 2.11 bits per heavy atom. The van der Waals surface area contributed by atoms with Crippen LogP contribution in [0.1, 0.15) is 13.3 Å². The van der Waals surface area contributed by atoms with Crippen LogP contribution in [0.4, 0.5) is 5.69 Å². The number of amides is 1. The molecule has 0 spiro atoms. The van der Waals surface area contributed by atoms with E-state index in [0.29, 0.717) is 5.71 Å². The Hall–Kier alpha value is -1.44. The monoisotopic (exact) mass is 288 g/mol. The van der Waals surface area contributed by atoms with Gasteiger partial charge in [0, 0.05) is 10.7 Å². The SMILES string of the molecule is CC1=NN(c2ccc(Cl)cc2S(=O)(=O)O)C(=O)C1. The summed E-state index contributed by atoms with van der Waals surface area (Å²) in [5, 5.41) is 5.02. The van der Waals surface area contributed by atoms with E-state index >= 15 is 0 Å². The van der Waals surface area contributed by atoms with Crippen LogP contribution in [0.2, 0.25) is 5.02 Å². The lowest BCUT2D eigenvalue weighted by molar-refractivity contribution is -0.116. The van der Waals surface area contributed by atoms with Crippen LogP contribution in [-0.4, -0.2) is 24.6 Å². The van der Waals surface area contributed by atoms with E-state index < -0.39 is 15.0 Å². The van der Waals surface area contributed by atoms with Gasteiger partial charge < -0.3 is 0 Å². The van der Waals surface area contributed by atoms with Crippen molar-refractivity contribution >= 4 is 39.0 Å². The molecule has 0 aromatic heterocycles. The third kappa shape index (κ3) is 2.38. The third-order valence-corrected chi connectivity index (χ3v) is 3.46. The molecule has 0 saturated heterocycles. The number of hydrogen-bond acceptors (Lipinski definition) is 4. The summed E-state index contributed by atoms with van der Waals surface area (Å²) in [6, 6.07) is 3.82. The van der Waals surface area contributed by atoms with Gasteiger partial charge in [-0.25, -0.2) is 0 Å². The summed E-state index contributed by atoms with van der Waals surface area (Å²) in [6.07, 6.45) is 0.119. The molecule has 1 aliphatic heterocycles. The molecule has 0 bridgehead atoms. The second-order valence-electron chi connectivity index (χ2n) is 3.80. The molecule has 1 heterocycles. The van der Waals surface area contributed by atoms with Crippen molar-refractivity contribution in [1.29, 1.82) is 0 Å². The number of rotatable bonds is 2. The maximum Gasteiger partial charge on any atom is 0.296 e. The molecule has 6 nitrogen and oxygen atoms in total. The summed E-state index contributed by atoms with van der Waals surface area (Å²) in [5.41, 5.74) is 0.556. The van der Waals surface area contributed by atoms with Gasteiger partial charge in [0.1, 0.15) is 4.90 Å². The van der Waals surface area contributed by atoms with E-state index in [4.69, 9.17) is 16.2 Å². The Morgan fingerprint density at radius 1 is 1.44 bits per heavy atom. The van der Waals surface area contributed by atoms with Crippen molar-refractivity contribution in [2.45, 2.75) is 18.2 Å². The molecule has 1 aromatic rings. The van der Waals surface area contributed by atoms with Crippen molar-refractivity contribution in [3.05, 3.63) is 23.2 Å². The minimum atomic E-state index is -4.48. The maximum atomic E-state index is 11.7. The predicted molar refractivity (Wildman–Crippen MR) is 66.5 cm³/mol. The highest BCUT2D eigenvalue weighted by atomic mass is 35.5. The van der Waals surface area contributed by atoms with E-state index in [9.17, 15) is 13.2 Å². The zero-order valence-corrected chi connectivity index (χ0v) is 10.9. The zero-order chi connectivity index (χ0) is 13.5. The highest BCUT2D eigenvalue weighted by Crippen LogP contribution is 2.30. The van der Waals surface area contributed by atoms with Gasteiger partial charge >= 0.3 is 0 Å². The molecule has 1 aromatic carbocycles. The van der Waals surface area contributed by atoms with Gasteiger partial charge in [-0.15, -0.1) is 0 Å². The van der Waals surface area contributed by atoms with E-state index in [1.54, 1.807) is 6.92 Å².